The van der Waals surface area contributed by atoms with E-state index in [0.29, 0.717) is 4.88 Å². The molecule has 0 fully saturated rings. The van der Waals surface area contributed by atoms with Crippen LogP contribution in [0.5, 0.6) is 0 Å². The molecule has 8 rings (SSSR count). The van der Waals surface area contributed by atoms with Crippen LogP contribution in [0.15, 0.2) is 181 Å². The number of carboxylic acids is 1. The first-order valence-corrected chi connectivity index (χ1v) is 24.7. The van der Waals surface area contributed by atoms with Crippen LogP contribution in [0.4, 0.5) is 17.1 Å². The Bertz CT molecular complexity index is 3440. The monoisotopic (exact) mass is 975 g/mol. The lowest BCUT2D eigenvalue weighted by molar-refractivity contribution is -0.132. The van der Waals surface area contributed by atoms with Crippen LogP contribution >= 0.6 is 22.7 Å². The van der Waals surface area contributed by atoms with E-state index in [1.807, 2.05) is 42.5 Å². The van der Waals surface area contributed by atoms with E-state index in [-0.39, 0.29) is 11.3 Å². The van der Waals surface area contributed by atoms with Crippen molar-refractivity contribution in [2.75, 3.05) is 11.7 Å². The van der Waals surface area contributed by atoms with E-state index in [4.69, 9.17) is 15.1 Å². The molecule has 0 atom stereocenters. The molecule has 8 aromatic rings. The summed E-state index contributed by atoms with van der Waals surface area (Å²) in [6.45, 7) is 5.93. The van der Waals surface area contributed by atoms with Gasteiger partial charge in [0.2, 0.25) is 5.76 Å². The molecule has 0 aliphatic rings. The van der Waals surface area contributed by atoms with Crippen LogP contribution in [0.2, 0.25) is 0 Å². The third kappa shape index (κ3) is 12.9. The second-order valence-electron chi connectivity index (χ2n) is 16.8. The van der Waals surface area contributed by atoms with Crippen molar-refractivity contribution in [2.45, 2.75) is 20.8 Å². The van der Waals surface area contributed by atoms with Crippen LogP contribution in [-0.4, -0.2) is 23.0 Å². The number of rotatable bonds is 17. The van der Waals surface area contributed by atoms with Gasteiger partial charge in [0.05, 0.1) is 0 Å². The normalized spacial score (nSPS) is 12.0. The first-order valence-electron chi connectivity index (χ1n) is 23.1. The highest BCUT2D eigenvalue weighted by Gasteiger charge is 2.13. The molecule has 2 aromatic heterocycles. The Hall–Kier alpha value is -8.83. The molecule has 9 heteroatoms. The number of carboxylic acid groups (broad SMARTS) is 1. The predicted octanol–water partition coefficient (Wildman–Crippen LogP) is 16.4. The Morgan fingerprint density at radius 2 is 0.917 bits per heavy atom. The molecule has 0 aliphatic carbocycles. The first-order chi connectivity index (χ1) is 35.0. The number of anilines is 3. The number of hydrogen-bond acceptors (Lipinski definition) is 8. The fourth-order valence-electron chi connectivity index (χ4n) is 7.81. The predicted molar refractivity (Wildman–Crippen MR) is 300 cm³/mol. The second kappa shape index (κ2) is 23.7. The van der Waals surface area contributed by atoms with Crippen molar-refractivity contribution in [3.63, 3.8) is 0 Å². The van der Waals surface area contributed by atoms with Crippen LogP contribution in [-0.2, 0) is 9.53 Å². The maximum absolute atomic E-state index is 11.3. The number of aliphatic carboxylic acids is 1. The van der Waals surface area contributed by atoms with Crippen LogP contribution in [0, 0.1) is 43.4 Å². The molecule has 72 heavy (non-hydrogen) atoms. The van der Waals surface area contributed by atoms with Crippen molar-refractivity contribution < 1.29 is 19.7 Å². The van der Waals surface area contributed by atoms with Gasteiger partial charge in [0, 0.05) is 42.6 Å². The number of thiophene rings is 2. The van der Waals surface area contributed by atoms with Crippen molar-refractivity contribution in [3.8, 4) is 33.0 Å². The van der Waals surface area contributed by atoms with Gasteiger partial charge in [-0.05, 0) is 149 Å². The Labute approximate surface area is 428 Å². The van der Waals surface area contributed by atoms with Crippen LogP contribution < -0.4 is 4.90 Å². The van der Waals surface area contributed by atoms with Gasteiger partial charge in [-0.15, -0.1) is 22.7 Å². The summed E-state index contributed by atoms with van der Waals surface area (Å²) in [7, 11) is 0. The smallest absolute Gasteiger partial charge is 0.346 e. The molecule has 2 N–H and O–H groups in total. The molecule has 7 nitrogen and oxygen atoms in total. The van der Waals surface area contributed by atoms with Gasteiger partial charge < -0.3 is 19.8 Å². The van der Waals surface area contributed by atoms with Gasteiger partial charge in [-0.25, -0.2) is 4.79 Å². The van der Waals surface area contributed by atoms with E-state index in [9.17, 15) is 15.2 Å². The minimum absolute atomic E-state index is 0.0681. The highest BCUT2D eigenvalue weighted by Crippen LogP contribution is 2.36. The zero-order valence-corrected chi connectivity index (χ0v) is 41.5. The molecule has 2 heterocycles. The van der Waals surface area contributed by atoms with Gasteiger partial charge in [-0.2, -0.15) is 10.5 Å². The lowest BCUT2D eigenvalue weighted by Crippen LogP contribution is -2.09. The summed E-state index contributed by atoms with van der Waals surface area (Å²) in [4.78, 5) is 17.2. The van der Waals surface area contributed by atoms with E-state index in [1.165, 1.54) is 39.7 Å². The number of benzene rings is 6. The molecular formula is C63H49N3O4S2. The average molecular weight is 976 g/mol. The van der Waals surface area contributed by atoms with E-state index in [2.05, 4.69) is 196 Å². The fraction of sp³-hybridized carbons (Fsp3) is 0.0635. The number of aliphatic hydroxyl groups is 1. The summed E-state index contributed by atoms with van der Waals surface area (Å²) in [6.07, 6.45) is 19.8. The minimum Gasteiger partial charge on any atom is -0.477 e. The largest absolute Gasteiger partial charge is 0.477 e. The summed E-state index contributed by atoms with van der Waals surface area (Å²) in [5.74, 6) is -1.17. The number of nitriles is 2. The number of hydrogen-bond donors (Lipinski definition) is 2. The van der Waals surface area contributed by atoms with Crippen molar-refractivity contribution in [1.29, 1.82) is 10.5 Å². The van der Waals surface area contributed by atoms with Crippen molar-refractivity contribution in [3.05, 3.63) is 241 Å². The maximum atomic E-state index is 11.3. The summed E-state index contributed by atoms with van der Waals surface area (Å²) in [5, 5.41) is 36.6. The van der Waals surface area contributed by atoms with Crippen molar-refractivity contribution in [1.82, 2.24) is 0 Å². The number of allylic oxidation sites excluding steroid dienone is 3. The topological polar surface area (TPSA) is 118 Å². The summed E-state index contributed by atoms with van der Waals surface area (Å²) >= 11 is 2.98. The highest BCUT2D eigenvalue weighted by atomic mass is 32.1. The molecule has 0 spiro atoms. The molecule has 6 aromatic carbocycles. The van der Waals surface area contributed by atoms with Crippen LogP contribution in [0.25, 0.3) is 69.5 Å². The summed E-state index contributed by atoms with van der Waals surface area (Å²) in [5.41, 5.74) is 15.3. The molecule has 0 bridgehead atoms. The summed E-state index contributed by atoms with van der Waals surface area (Å²) < 4.78 is 4.96. The maximum Gasteiger partial charge on any atom is 0.346 e. The molecule has 0 amide bonds. The quantitative estimate of drug-likeness (QED) is 0.0233. The molecule has 0 radical (unpaired) electrons. The van der Waals surface area contributed by atoms with Gasteiger partial charge in [-0.3, -0.25) is 0 Å². The number of aliphatic hydroxyl groups excluding tert-OH is 1. The van der Waals surface area contributed by atoms with Gasteiger partial charge >= 0.3 is 5.97 Å². The van der Waals surface area contributed by atoms with E-state index < -0.39 is 12.8 Å². The van der Waals surface area contributed by atoms with Gasteiger partial charge in [0.1, 0.15) is 17.7 Å². The van der Waals surface area contributed by atoms with Gasteiger partial charge in [0.15, 0.2) is 6.79 Å². The molecule has 0 saturated heterocycles. The van der Waals surface area contributed by atoms with E-state index >= 15 is 0 Å². The molecule has 0 unspecified atom stereocenters. The number of carbonyl (C=O) groups is 1. The summed E-state index contributed by atoms with van der Waals surface area (Å²) in [6, 6.07) is 58.0. The zero-order valence-electron chi connectivity index (χ0n) is 39.9. The van der Waals surface area contributed by atoms with Crippen molar-refractivity contribution in [2.24, 2.45) is 0 Å². The molecule has 0 saturated carbocycles. The number of aryl methyl sites for hydroxylation is 2. The first kappa shape index (κ1) is 49.6. The lowest BCUT2D eigenvalue weighted by Gasteiger charge is -2.26. The Morgan fingerprint density at radius 3 is 1.31 bits per heavy atom. The lowest BCUT2D eigenvalue weighted by atomic mass is 10.0. The average Bonchev–Trinajstić information content (AvgIpc) is 4.09. The zero-order chi connectivity index (χ0) is 50.4. The van der Waals surface area contributed by atoms with E-state index in [1.54, 1.807) is 23.5 Å². The van der Waals surface area contributed by atoms with Gasteiger partial charge in [0.25, 0.3) is 0 Å². The second-order valence-corrected chi connectivity index (χ2v) is 19.0. The minimum atomic E-state index is -1.24. The van der Waals surface area contributed by atoms with E-state index in [0.717, 1.165) is 70.6 Å². The molecule has 352 valence electrons. The Morgan fingerprint density at radius 1 is 0.528 bits per heavy atom. The number of nitrogens with zero attached hydrogens (tertiary/aromatic N) is 3. The third-order valence-corrected chi connectivity index (χ3v) is 14.1. The van der Waals surface area contributed by atoms with Crippen molar-refractivity contribution >= 4 is 94.3 Å². The Kier molecular flexibility index (Phi) is 16.3. The van der Waals surface area contributed by atoms with Crippen LogP contribution in [0.1, 0.15) is 59.8 Å². The Balaban J connectivity index is 0.986. The molecule has 0 aliphatic heterocycles. The molecular weight excluding hydrogens is 927 g/mol. The standard InChI is InChI=1S/C63H49N3O4S2/c1-43-36-51(37-44(2)45(43)3)7-5-4-6-46-16-26-55(27-17-46)66(56-28-18-49(19-29-56)10-8-47-12-22-52(23-13-47)61-34-32-59(71-61)38-54(40-64)63(68)69)57-30-20-50(21-31-57)11-9-48-14-24-53(25-15-48)62-35-33-60(72-62)39-58(41-65)70-42-67/h4-39,67H,42H2,1-3H3,(H,68,69)/b6-4+,7-5+,10-8+,11-9+,54-38+,58-39-. The third-order valence-electron chi connectivity index (χ3n) is 11.9. The highest BCUT2D eigenvalue weighted by molar-refractivity contribution is 7.16. The van der Waals surface area contributed by atoms with Crippen LogP contribution in [0.3, 0.4) is 0 Å². The van der Waals surface area contributed by atoms with Gasteiger partial charge in [-0.1, -0.05) is 146 Å². The fourth-order valence-corrected chi connectivity index (χ4v) is 9.71. The SMILES string of the molecule is Cc1cc(/C=C/C=C/c2ccc(N(c3ccc(/C=C/c4ccc(-c5ccc(/C=C(/C#N)OCO)s5)cc4)cc3)c3ccc(/C=C/c4ccc(-c5ccc(/C=C(\C#N)C(=O)O)s5)cc4)cc3)cc2)cc(C)c1C. The number of ether oxygens (including phenoxy) is 1.